The summed E-state index contributed by atoms with van der Waals surface area (Å²) in [7, 11) is 0. The molecule has 2 heterocycles. The highest BCUT2D eigenvalue weighted by Gasteiger charge is 2.59. The van der Waals surface area contributed by atoms with Gasteiger partial charge < -0.3 is 15.0 Å². The van der Waals surface area contributed by atoms with E-state index in [1.54, 1.807) is 35.2 Å². The van der Waals surface area contributed by atoms with Gasteiger partial charge in [-0.05, 0) is 31.4 Å². The van der Waals surface area contributed by atoms with Crippen LogP contribution in [0.25, 0.3) is 0 Å². The number of benzene rings is 1. The summed E-state index contributed by atoms with van der Waals surface area (Å²) in [5, 5.41) is 2.74. The summed E-state index contributed by atoms with van der Waals surface area (Å²) in [5.41, 5.74) is 0.498. The fraction of sp³-hybridized carbons (Fsp3) is 0.471. The zero-order chi connectivity index (χ0) is 21.1. The second-order valence-corrected chi connectivity index (χ2v) is 6.36. The number of halogens is 6. The van der Waals surface area contributed by atoms with Gasteiger partial charge in [0.2, 0.25) is 11.9 Å². The Labute approximate surface area is 161 Å². The second kappa shape index (κ2) is 8.29. The fourth-order valence-electron chi connectivity index (χ4n) is 2.77. The highest BCUT2D eigenvalue weighted by atomic mass is 19.4. The number of alkyl halides is 6. The van der Waals surface area contributed by atoms with Crippen molar-refractivity contribution in [1.29, 1.82) is 0 Å². The van der Waals surface area contributed by atoms with E-state index < -0.39 is 24.5 Å². The van der Waals surface area contributed by atoms with Crippen LogP contribution in [0.1, 0.15) is 19.3 Å². The average molecular weight is 421 g/mol. The van der Waals surface area contributed by atoms with Crippen LogP contribution < -0.4 is 15.0 Å². The van der Waals surface area contributed by atoms with Crippen molar-refractivity contribution in [3.63, 3.8) is 0 Å². The van der Waals surface area contributed by atoms with Crippen LogP contribution in [0, 0.1) is 0 Å². The van der Waals surface area contributed by atoms with Gasteiger partial charge in [-0.2, -0.15) is 41.3 Å². The predicted molar refractivity (Wildman–Crippen MR) is 92.1 cm³/mol. The lowest BCUT2D eigenvalue weighted by atomic mass is 10.1. The molecule has 0 unspecified atom stereocenters. The summed E-state index contributed by atoms with van der Waals surface area (Å²) in [4.78, 5) is 13.1. The largest absolute Gasteiger partial charge is 0.440 e. The van der Waals surface area contributed by atoms with Crippen LogP contribution in [0.4, 0.5) is 43.9 Å². The van der Waals surface area contributed by atoms with E-state index in [0.29, 0.717) is 18.8 Å². The minimum absolute atomic E-state index is 0.0452. The summed E-state index contributed by atoms with van der Waals surface area (Å²) >= 11 is 0. The number of hydrogen-bond donors (Lipinski definition) is 1. The van der Waals surface area contributed by atoms with E-state index in [4.69, 9.17) is 0 Å². The van der Waals surface area contributed by atoms with E-state index >= 15 is 0 Å². The number of hydrogen-bond acceptors (Lipinski definition) is 6. The van der Waals surface area contributed by atoms with Crippen molar-refractivity contribution < 1.29 is 31.1 Å². The molecule has 1 aliphatic heterocycles. The molecule has 0 amide bonds. The van der Waals surface area contributed by atoms with Gasteiger partial charge in [0, 0.05) is 18.8 Å². The van der Waals surface area contributed by atoms with Crippen molar-refractivity contribution >= 4 is 17.6 Å². The van der Waals surface area contributed by atoms with E-state index in [1.807, 2.05) is 0 Å². The number of nitrogens with one attached hydrogen (secondary N) is 1. The lowest BCUT2D eigenvalue weighted by Crippen LogP contribution is -2.47. The van der Waals surface area contributed by atoms with Gasteiger partial charge in [-0.1, -0.05) is 18.2 Å². The first-order chi connectivity index (χ1) is 13.6. The van der Waals surface area contributed by atoms with Crippen LogP contribution in [0.3, 0.4) is 0 Å². The molecule has 1 N–H and O–H groups in total. The van der Waals surface area contributed by atoms with Crippen LogP contribution in [0.2, 0.25) is 0 Å². The molecule has 6 nitrogen and oxygen atoms in total. The van der Waals surface area contributed by atoms with Crippen molar-refractivity contribution in [2.24, 2.45) is 0 Å². The zero-order valence-electron chi connectivity index (χ0n) is 15.0. The van der Waals surface area contributed by atoms with Gasteiger partial charge in [-0.15, -0.1) is 0 Å². The first-order valence-electron chi connectivity index (χ1n) is 8.76. The minimum Gasteiger partial charge on any atom is -0.440 e. The molecule has 0 saturated carbocycles. The molecule has 12 heteroatoms. The molecule has 29 heavy (non-hydrogen) atoms. The maximum Gasteiger partial charge on any atom is 0.434 e. The summed E-state index contributed by atoms with van der Waals surface area (Å²) in [6.45, 7) is 1.05. The maximum atomic E-state index is 12.9. The highest BCUT2D eigenvalue weighted by molar-refractivity contribution is 5.54. The molecule has 0 atom stereocenters. The number of piperidine rings is 1. The third-order valence-electron chi connectivity index (χ3n) is 4.09. The molecule has 0 spiro atoms. The number of aromatic nitrogens is 3. The van der Waals surface area contributed by atoms with Gasteiger partial charge in [0.15, 0.2) is 0 Å². The average Bonchev–Trinajstić information content (AvgIpc) is 2.66. The monoisotopic (exact) mass is 421 g/mol. The van der Waals surface area contributed by atoms with Crippen LogP contribution in [-0.4, -0.2) is 46.5 Å². The molecule has 1 aromatic carbocycles. The molecule has 2 aromatic rings. The third kappa shape index (κ3) is 5.61. The molecular weight excluding hydrogens is 404 g/mol. The maximum absolute atomic E-state index is 12.9. The number of para-hydroxylation sites is 1. The Morgan fingerprint density at radius 2 is 1.48 bits per heavy atom. The molecular formula is C17H17F6N5O. The Bertz CT molecular complexity index is 794. The summed E-state index contributed by atoms with van der Waals surface area (Å²) in [6, 6.07) is 7.34. The van der Waals surface area contributed by atoms with E-state index in [-0.39, 0.29) is 11.9 Å². The lowest BCUT2D eigenvalue weighted by molar-refractivity contribution is -0.301. The van der Waals surface area contributed by atoms with Crippen molar-refractivity contribution in [2.75, 3.05) is 23.3 Å². The van der Waals surface area contributed by atoms with Crippen LogP contribution in [0.15, 0.2) is 30.3 Å². The number of nitrogens with zero attached hydrogens (tertiary/aromatic N) is 4. The Hall–Kier alpha value is -2.79. The van der Waals surface area contributed by atoms with Crippen molar-refractivity contribution in [3.05, 3.63) is 30.3 Å². The van der Waals surface area contributed by atoms with Gasteiger partial charge >= 0.3 is 18.4 Å². The number of anilines is 3. The smallest absolute Gasteiger partial charge is 0.434 e. The minimum atomic E-state index is -5.68. The van der Waals surface area contributed by atoms with E-state index in [9.17, 15) is 26.3 Å². The topological polar surface area (TPSA) is 63.2 Å². The summed E-state index contributed by atoms with van der Waals surface area (Å²) in [5.74, 6) is -0.263. The zero-order valence-corrected chi connectivity index (χ0v) is 15.0. The quantitative estimate of drug-likeness (QED) is 0.719. The van der Waals surface area contributed by atoms with E-state index in [0.717, 1.165) is 19.3 Å². The van der Waals surface area contributed by atoms with Gasteiger partial charge in [0.25, 0.3) is 6.10 Å². The van der Waals surface area contributed by atoms with Gasteiger partial charge in [0.05, 0.1) is 0 Å². The summed E-state index contributed by atoms with van der Waals surface area (Å²) < 4.78 is 81.3. The Morgan fingerprint density at radius 1 is 0.862 bits per heavy atom. The van der Waals surface area contributed by atoms with Gasteiger partial charge in [-0.25, -0.2) is 0 Å². The number of ether oxygens (including phenoxy) is 1. The van der Waals surface area contributed by atoms with Crippen molar-refractivity contribution in [2.45, 2.75) is 37.7 Å². The standard InChI is InChI=1S/C17H17F6N5O/c18-16(19,20)12(17(21,22)23)29-15-26-13(24-11-7-3-1-4-8-11)25-14(27-15)28-9-5-2-6-10-28/h1,3-4,7-8,12H,2,5-6,9-10H2,(H,24,25,26,27). The molecule has 1 aliphatic rings. The van der Waals surface area contributed by atoms with Gasteiger partial charge in [0.1, 0.15) is 0 Å². The molecule has 158 valence electrons. The van der Waals surface area contributed by atoms with Crippen molar-refractivity contribution in [1.82, 2.24) is 15.0 Å². The Kier molecular flexibility index (Phi) is 5.99. The molecule has 0 radical (unpaired) electrons. The van der Waals surface area contributed by atoms with E-state index in [1.165, 1.54) is 0 Å². The number of rotatable bonds is 5. The normalized spacial score (nSPS) is 15.5. The van der Waals surface area contributed by atoms with E-state index in [2.05, 4.69) is 25.0 Å². The molecule has 1 aromatic heterocycles. The fourth-order valence-corrected chi connectivity index (χ4v) is 2.77. The second-order valence-electron chi connectivity index (χ2n) is 6.36. The van der Waals surface area contributed by atoms with Crippen LogP contribution in [0.5, 0.6) is 6.01 Å². The summed E-state index contributed by atoms with van der Waals surface area (Å²) in [6.07, 6.45) is -12.8. The lowest BCUT2D eigenvalue weighted by Gasteiger charge is -2.27. The molecule has 0 aliphatic carbocycles. The Morgan fingerprint density at radius 3 is 2.07 bits per heavy atom. The molecule has 1 saturated heterocycles. The van der Waals surface area contributed by atoms with Crippen LogP contribution >= 0.6 is 0 Å². The SMILES string of the molecule is FC(F)(F)C(Oc1nc(Nc2ccccc2)nc(N2CCCCC2)n1)C(F)(F)F. The molecule has 3 rings (SSSR count). The highest BCUT2D eigenvalue weighted by Crippen LogP contribution is 2.36. The van der Waals surface area contributed by atoms with Crippen molar-refractivity contribution in [3.8, 4) is 6.01 Å². The molecule has 0 bridgehead atoms. The Balaban J connectivity index is 1.95. The first kappa shape index (κ1) is 20.9. The predicted octanol–water partition coefficient (Wildman–Crippen LogP) is 4.48. The molecule has 1 fully saturated rings. The van der Waals surface area contributed by atoms with Gasteiger partial charge in [-0.3, -0.25) is 0 Å². The first-order valence-corrected chi connectivity index (χ1v) is 8.76. The van der Waals surface area contributed by atoms with Crippen LogP contribution in [-0.2, 0) is 0 Å². The third-order valence-corrected chi connectivity index (χ3v) is 4.09.